The summed E-state index contributed by atoms with van der Waals surface area (Å²) in [4.78, 5) is 2.20. The Kier molecular flexibility index (Phi) is 6.22. The van der Waals surface area contributed by atoms with E-state index in [-0.39, 0.29) is 6.61 Å². The molecule has 17 heavy (non-hydrogen) atoms. The second kappa shape index (κ2) is 7.18. The van der Waals surface area contributed by atoms with Crippen LogP contribution in [0.5, 0.6) is 0 Å². The minimum atomic E-state index is -4.22. The van der Waals surface area contributed by atoms with Gasteiger partial charge in [-0.2, -0.15) is 13.2 Å². The normalized spacial score (nSPS) is 22.9. The molecular formula is C11H21F3N2O. The Morgan fingerprint density at radius 3 is 2.71 bits per heavy atom. The SMILES string of the molecule is NCCC1CCCCN1CCOCC(F)(F)F. The third-order valence-corrected chi connectivity index (χ3v) is 3.04. The van der Waals surface area contributed by atoms with Gasteiger partial charge in [-0.1, -0.05) is 6.42 Å². The van der Waals surface area contributed by atoms with Crippen molar-refractivity contribution in [3.05, 3.63) is 0 Å². The maximum Gasteiger partial charge on any atom is 0.411 e. The fourth-order valence-corrected chi connectivity index (χ4v) is 2.24. The Morgan fingerprint density at radius 1 is 1.29 bits per heavy atom. The number of rotatable bonds is 6. The van der Waals surface area contributed by atoms with Crippen LogP contribution in [0.15, 0.2) is 0 Å². The molecule has 6 heteroatoms. The molecule has 1 saturated heterocycles. The summed E-state index contributed by atoms with van der Waals surface area (Å²) < 4.78 is 40.2. The molecule has 0 aromatic rings. The summed E-state index contributed by atoms with van der Waals surface area (Å²) in [7, 11) is 0. The van der Waals surface area contributed by atoms with Crippen LogP contribution in [0.4, 0.5) is 13.2 Å². The van der Waals surface area contributed by atoms with Crippen LogP contribution in [0.25, 0.3) is 0 Å². The zero-order valence-corrected chi connectivity index (χ0v) is 10.0. The highest BCUT2D eigenvalue weighted by Gasteiger charge is 2.27. The summed E-state index contributed by atoms with van der Waals surface area (Å²) in [5, 5.41) is 0. The van der Waals surface area contributed by atoms with Crippen LogP contribution in [-0.2, 0) is 4.74 Å². The molecule has 0 aromatic heterocycles. The van der Waals surface area contributed by atoms with Gasteiger partial charge in [0.2, 0.25) is 0 Å². The predicted molar refractivity (Wildman–Crippen MR) is 59.8 cm³/mol. The van der Waals surface area contributed by atoms with Crippen molar-refractivity contribution in [1.82, 2.24) is 4.90 Å². The molecule has 102 valence electrons. The number of likely N-dealkylation sites (tertiary alicyclic amines) is 1. The van der Waals surface area contributed by atoms with Gasteiger partial charge < -0.3 is 10.5 Å². The van der Waals surface area contributed by atoms with Gasteiger partial charge in [0.25, 0.3) is 0 Å². The predicted octanol–water partition coefficient (Wildman–Crippen LogP) is 1.77. The van der Waals surface area contributed by atoms with Crippen LogP contribution >= 0.6 is 0 Å². The van der Waals surface area contributed by atoms with Gasteiger partial charge in [0.15, 0.2) is 0 Å². The third-order valence-electron chi connectivity index (χ3n) is 3.04. The molecule has 0 aliphatic carbocycles. The molecule has 1 unspecified atom stereocenters. The molecule has 3 nitrogen and oxygen atoms in total. The van der Waals surface area contributed by atoms with E-state index in [2.05, 4.69) is 9.64 Å². The Bertz CT molecular complexity index is 209. The third kappa shape index (κ3) is 6.24. The van der Waals surface area contributed by atoms with E-state index in [9.17, 15) is 13.2 Å². The highest BCUT2D eigenvalue weighted by atomic mass is 19.4. The fraction of sp³-hybridized carbons (Fsp3) is 1.00. The van der Waals surface area contributed by atoms with Crippen molar-refractivity contribution in [2.75, 3.05) is 32.8 Å². The van der Waals surface area contributed by atoms with Gasteiger partial charge in [-0.05, 0) is 32.4 Å². The zero-order chi connectivity index (χ0) is 12.7. The van der Waals surface area contributed by atoms with Crippen LogP contribution in [-0.4, -0.2) is 50.0 Å². The van der Waals surface area contributed by atoms with Crippen molar-refractivity contribution in [3.63, 3.8) is 0 Å². The second-order valence-corrected chi connectivity index (χ2v) is 4.43. The first-order valence-electron chi connectivity index (χ1n) is 6.11. The van der Waals surface area contributed by atoms with E-state index in [4.69, 9.17) is 5.73 Å². The minimum Gasteiger partial charge on any atom is -0.371 e. The molecule has 1 heterocycles. The Balaban J connectivity index is 2.19. The lowest BCUT2D eigenvalue weighted by Crippen LogP contribution is -2.42. The summed E-state index contributed by atoms with van der Waals surface area (Å²) in [5.74, 6) is 0. The Hall–Kier alpha value is -0.330. The van der Waals surface area contributed by atoms with Gasteiger partial charge in [0, 0.05) is 12.6 Å². The first-order valence-corrected chi connectivity index (χ1v) is 6.11. The van der Waals surface area contributed by atoms with E-state index in [0.29, 0.717) is 19.1 Å². The zero-order valence-electron chi connectivity index (χ0n) is 10.0. The molecule has 1 rings (SSSR count). The summed E-state index contributed by atoms with van der Waals surface area (Å²) in [6.45, 7) is 1.13. The summed E-state index contributed by atoms with van der Waals surface area (Å²) >= 11 is 0. The minimum absolute atomic E-state index is 0.139. The van der Waals surface area contributed by atoms with E-state index >= 15 is 0 Å². The Labute approximate surface area is 100 Å². The molecule has 0 spiro atoms. The molecule has 1 atom stereocenters. The molecule has 0 amide bonds. The first kappa shape index (κ1) is 14.7. The number of hydrogen-bond acceptors (Lipinski definition) is 3. The lowest BCUT2D eigenvalue weighted by Gasteiger charge is -2.35. The molecule has 0 aromatic carbocycles. The first-order chi connectivity index (χ1) is 8.03. The molecule has 1 aliphatic heterocycles. The molecule has 0 bridgehead atoms. The van der Waals surface area contributed by atoms with Crippen LogP contribution in [0.2, 0.25) is 0 Å². The van der Waals surface area contributed by atoms with Gasteiger partial charge >= 0.3 is 6.18 Å². The van der Waals surface area contributed by atoms with Crippen molar-refractivity contribution >= 4 is 0 Å². The number of hydrogen-bond donors (Lipinski definition) is 1. The van der Waals surface area contributed by atoms with E-state index in [1.54, 1.807) is 0 Å². The molecule has 0 radical (unpaired) electrons. The summed E-state index contributed by atoms with van der Waals surface area (Å²) in [5.41, 5.74) is 5.53. The van der Waals surface area contributed by atoms with Crippen LogP contribution in [0, 0.1) is 0 Å². The smallest absolute Gasteiger partial charge is 0.371 e. The summed E-state index contributed by atoms with van der Waals surface area (Å²) in [6.07, 6.45) is 0.0826. The van der Waals surface area contributed by atoms with Crippen molar-refractivity contribution in [1.29, 1.82) is 0 Å². The quantitative estimate of drug-likeness (QED) is 0.734. The molecule has 1 fully saturated rings. The van der Waals surface area contributed by atoms with Gasteiger partial charge in [-0.25, -0.2) is 0 Å². The van der Waals surface area contributed by atoms with Crippen molar-refractivity contribution < 1.29 is 17.9 Å². The maximum absolute atomic E-state index is 11.9. The standard InChI is InChI=1S/C11H21F3N2O/c12-11(13,14)9-17-8-7-16-6-2-1-3-10(16)4-5-15/h10H,1-9,15H2. The van der Waals surface area contributed by atoms with E-state index in [1.165, 1.54) is 6.42 Å². The molecule has 1 aliphatic rings. The number of halogens is 3. The Morgan fingerprint density at radius 2 is 2.06 bits per heavy atom. The van der Waals surface area contributed by atoms with Gasteiger partial charge in [-0.3, -0.25) is 4.90 Å². The second-order valence-electron chi connectivity index (χ2n) is 4.43. The van der Waals surface area contributed by atoms with Crippen LogP contribution in [0.3, 0.4) is 0 Å². The monoisotopic (exact) mass is 254 g/mol. The van der Waals surface area contributed by atoms with E-state index in [0.717, 1.165) is 25.8 Å². The largest absolute Gasteiger partial charge is 0.411 e. The van der Waals surface area contributed by atoms with Crippen LogP contribution in [0.1, 0.15) is 25.7 Å². The van der Waals surface area contributed by atoms with Gasteiger partial charge in [0.05, 0.1) is 6.61 Å². The van der Waals surface area contributed by atoms with Crippen molar-refractivity contribution in [2.24, 2.45) is 5.73 Å². The number of alkyl halides is 3. The fourth-order valence-electron chi connectivity index (χ4n) is 2.24. The molecule has 2 N–H and O–H groups in total. The van der Waals surface area contributed by atoms with Gasteiger partial charge in [-0.15, -0.1) is 0 Å². The lowest BCUT2D eigenvalue weighted by atomic mass is 9.99. The average Bonchev–Trinajstić information content (AvgIpc) is 2.25. The average molecular weight is 254 g/mol. The highest BCUT2D eigenvalue weighted by Crippen LogP contribution is 2.19. The maximum atomic E-state index is 11.9. The molecule has 0 saturated carbocycles. The number of piperidine rings is 1. The number of ether oxygens (including phenoxy) is 1. The topological polar surface area (TPSA) is 38.5 Å². The summed E-state index contributed by atoms with van der Waals surface area (Å²) in [6, 6.07) is 0.420. The number of nitrogens with two attached hydrogens (primary N) is 1. The van der Waals surface area contributed by atoms with Crippen molar-refractivity contribution in [2.45, 2.75) is 37.9 Å². The van der Waals surface area contributed by atoms with Crippen molar-refractivity contribution in [3.8, 4) is 0 Å². The van der Waals surface area contributed by atoms with Crippen LogP contribution < -0.4 is 5.73 Å². The number of nitrogens with zero attached hydrogens (tertiary/aromatic N) is 1. The van der Waals surface area contributed by atoms with E-state index < -0.39 is 12.8 Å². The lowest BCUT2D eigenvalue weighted by molar-refractivity contribution is -0.175. The van der Waals surface area contributed by atoms with Gasteiger partial charge in [0.1, 0.15) is 6.61 Å². The highest BCUT2D eigenvalue weighted by molar-refractivity contribution is 4.76. The van der Waals surface area contributed by atoms with E-state index in [1.807, 2.05) is 0 Å². The molecular weight excluding hydrogens is 233 g/mol.